The van der Waals surface area contributed by atoms with E-state index in [1.54, 1.807) is 4.90 Å². The second-order valence-corrected chi connectivity index (χ2v) is 9.89. The number of urea groups is 1. The van der Waals surface area contributed by atoms with Crippen molar-refractivity contribution in [1.82, 2.24) is 20.4 Å². The summed E-state index contributed by atoms with van der Waals surface area (Å²) in [6.07, 6.45) is 8.33. The van der Waals surface area contributed by atoms with Crippen LogP contribution in [0.1, 0.15) is 78.6 Å². The van der Waals surface area contributed by atoms with Crippen LogP contribution in [0.4, 0.5) is 9.59 Å². The highest BCUT2D eigenvalue weighted by atomic mass is 16.6. The summed E-state index contributed by atoms with van der Waals surface area (Å²) in [5.41, 5.74) is -0.578. The van der Waals surface area contributed by atoms with E-state index in [2.05, 4.69) is 10.6 Å². The topological polar surface area (TPSA) is 91.0 Å². The normalized spacial score (nSPS) is 23.9. The molecule has 1 aliphatic carbocycles. The van der Waals surface area contributed by atoms with E-state index in [0.29, 0.717) is 32.1 Å². The van der Waals surface area contributed by atoms with Gasteiger partial charge in [0.2, 0.25) is 5.91 Å². The van der Waals surface area contributed by atoms with Crippen molar-refractivity contribution in [2.24, 2.45) is 0 Å². The van der Waals surface area contributed by atoms with E-state index >= 15 is 0 Å². The van der Waals surface area contributed by atoms with Gasteiger partial charge < -0.3 is 20.3 Å². The Morgan fingerprint density at radius 2 is 1.43 bits per heavy atom. The van der Waals surface area contributed by atoms with Gasteiger partial charge in [-0.3, -0.25) is 9.69 Å². The van der Waals surface area contributed by atoms with Gasteiger partial charge in [-0.25, -0.2) is 9.59 Å². The molecule has 0 aromatic heterocycles. The fourth-order valence-electron chi connectivity index (χ4n) is 4.62. The van der Waals surface area contributed by atoms with E-state index in [1.807, 2.05) is 25.7 Å². The number of piperidine rings is 1. The van der Waals surface area contributed by atoms with Gasteiger partial charge in [0.25, 0.3) is 0 Å². The molecule has 2 heterocycles. The zero-order valence-electron chi connectivity index (χ0n) is 18.7. The minimum atomic E-state index is -0.578. The van der Waals surface area contributed by atoms with Crippen molar-refractivity contribution in [3.63, 3.8) is 0 Å². The Labute approximate surface area is 180 Å². The average molecular weight is 423 g/mol. The third-order valence-corrected chi connectivity index (χ3v) is 6.24. The van der Waals surface area contributed by atoms with Gasteiger partial charge in [-0.05, 0) is 59.3 Å². The number of ether oxygens (including phenoxy) is 1. The quantitative estimate of drug-likeness (QED) is 0.731. The maximum absolute atomic E-state index is 12.8. The van der Waals surface area contributed by atoms with Crippen molar-refractivity contribution in [3.8, 4) is 0 Å². The van der Waals surface area contributed by atoms with E-state index < -0.39 is 17.7 Å². The van der Waals surface area contributed by atoms with Crippen molar-refractivity contribution in [1.29, 1.82) is 0 Å². The second kappa shape index (κ2) is 9.88. The molecule has 3 fully saturated rings. The maximum atomic E-state index is 12.8. The smallest absolute Gasteiger partial charge is 0.410 e. The van der Waals surface area contributed by atoms with Crippen molar-refractivity contribution in [3.05, 3.63) is 0 Å². The Bertz CT molecular complexity index is 619. The molecule has 0 spiro atoms. The van der Waals surface area contributed by atoms with Crippen LogP contribution in [0.15, 0.2) is 0 Å². The highest BCUT2D eigenvalue weighted by Gasteiger charge is 2.37. The number of carbonyl (C=O) groups is 3. The van der Waals surface area contributed by atoms with Gasteiger partial charge in [-0.2, -0.15) is 0 Å². The van der Waals surface area contributed by atoms with E-state index in [-0.39, 0.29) is 18.0 Å². The van der Waals surface area contributed by atoms with Crippen LogP contribution in [0.2, 0.25) is 0 Å². The summed E-state index contributed by atoms with van der Waals surface area (Å²) < 4.78 is 5.45. The van der Waals surface area contributed by atoms with Gasteiger partial charge >= 0.3 is 12.1 Å². The molecule has 3 aliphatic rings. The minimum Gasteiger partial charge on any atom is -0.444 e. The lowest BCUT2D eigenvalue weighted by Crippen LogP contribution is -2.54. The van der Waals surface area contributed by atoms with Crippen LogP contribution in [0, 0.1) is 0 Å². The van der Waals surface area contributed by atoms with E-state index in [4.69, 9.17) is 4.74 Å². The fourth-order valence-corrected chi connectivity index (χ4v) is 4.62. The van der Waals surface area contributed by atoms with Gasteiger partial charge in [0.05, 0.1) is 0 Å². The lowest BCUT2D eigenvalue weighted by molar-refractivity contribution is -0.126. The number of nitrogens with zero attached hydrogens (tertiary/aromatic N) is 2. The molecule has 2 aliphatic heterocycles. The molecule has 0 radical (unpaired) electrons. The number of hydrogen-bond donors (Lipinski definition) is 2. The third-order valence-electron chi connectivity index (χ3n) is 6.24. The van der Waals surface area contributed by atoms with Crippen LogP contribution >= 0.6 is 0 Å². The van der Waals surface area contributed by atoms with Crippen molar-refractivity contribution >= 4 is 18.0 Å². The summed E-state index contributed by atoms with van der Waals surface area (Å²) in [5.74, 6) is -0.108. The number of carbonyl (C=O) groups excluding carboxylic acids is 3. The molecule has 0 unspecified atom stereocenters. The minimum absolute atomic E-state index is 0.0265. The molecule has 4 amide bonds. The molecule has 0 bridgehead atoms. The summed E-state index contributed by atoms with van der Waals surface area (Å²) in [6, 6.07) is -0.0896. The van der Waals surface area contributed by atoms with Gasteiger partial charge in [0.1, 0.15) is 11.6 Å². The number of nitrogens with one attached hydrogen (secondary N) is 2. The van der Waals surface area contributed by atoms with Gasteiger partial charge in [0, 0.05) is 31.7 Å². The summed E-state index contributed by atoms with van der Waals surface area (Å²) in [5, 5.41) is 6.27. The SMILES string of the molecule is CC(C)(C)OC(=O)N1CCC[C@H]1C(=O)NC1CCN(C(=O)NC2CCCCC2)CC1. The van der Waals surface area contributed by atoms with Crippen LogP contribution in [-0.2, 0) is 9.53 Å². The molecule has 3 rings (SSSR count). The molecule has 2 N–H and O–H groups in total. The van der Waals surface area contributed by atoms with Crippen LogP contribution in [0.5, 0.6) is 0 Å². The molecule has 0 aromatic rings. The van der Waals surface area contributed by atoms with Crippen molar-refractivity contribution in [2.75, 3.05) is 19.6 Å². The molecule has 1 atom stereocenters. The zero-order valence-corrected chi connectivity index (χ0v) is 18.7. The molecule has 0 aromatic carbocycles. The lowest BCUT2D eigenvalue weighted by Gasteiger charge is -2.35. The average Bonchev–Trinajstić information content (AvgIpc) is 3.18. The number of likely N-dealkylation sites (tertiary alicyclic amines) is 2. The largest absolute Gasteiger partial charge is 0.444 e. The molecular formula is C22H38N4O4. The zero-order chi connectivity index (χ0) is 21.7. The first-order valence-electron chi connectivity index (χ1n) is 11.6. The maximum Gasteiger partial charge on any atom is 0.410 e. The fraction of sp³-hybridized carbons (Fsp3) is 0.864. The Morgan fingerprint density at radius 1 is 0.800 bits per heavy atom. The molecule has 170 valence electrons. The summed E-state index contributed by atoms with van der Waals surface area (Å²) in [7, 11) is 0. The molecule has 30 heavy (non-hydrogen) atoms. The summed E-state index contributed by atoms with van der Waals surface area (Å²) >= 11 is 0. The van der Waals surface area contributed by atoms with Gasteiger partial charge in [0.15, 0.2) is 0 Å². The molecular weight excluding hydrogens is 384 g/mol. The van der Waals surface area contributed by atoms with Crippen molar-refractivity contribution < 1.29 is 19.1 Å². The summed E-state index contributed by atoms with van der Waals surface area (Å²) in [4.78, 5) is 41.2. The van der Waals surface area contributed by atoms with E-state index in [0.717, 1.165) is 32.1 Å². The second-order valence-electron chi connectivity index (χ2n) is 9.89. The van der Waals surface area contributed by atoms with Crippen LogP contribution in [0.3, 0.4) is 0 Å². The summed E-state index contributed by atoms with van der Waals surface area (Å²) in [6.45, 7) is 7.32. The number of rotatable bonds is 3. The Balaban J connectivity index is 1.43. The Hall–Kier alpha value is -1.99. The Kier molecular flexibility index (Phi) is 7.47. The third kappa shape index (κ3) is 6.25. The Morgan fingerprint density at radius 3 is 2.07 bits per heavy atom. The number of hydrogen-bond acceptors (Lipinski definition) is 4. The van der Waals surface area contributed by atoms with Crippen LogP contribution in [0.25, 0.3) is 0 Å². The van der Waals surface area contributed by atoms with Crippen molar-refractivity contribution in [2.45, 2.75) is 102 Å². The van der Waals surface area contributed by atoms with E-state index in [1.165, 1.54) is 19.3 Å². The highest BCUT2D eigenvalue weighted by Crippen LogP contribution is 2.22. The van der Waals surface area contributed by atoms with Gasteiger partial charge in [-0.15, -0.1) is 0 Å². The first kappa shape index (κ1) is 22.7. The standard InChI is InChI=1S/C22H38N4O4/c1-22(2,3)30-21(29)26-13-7-10-18(26)19(27)23-17-11-14-25(15-12-17)20(28)24-16-8-5-4-6-9-16/h16-18H,4-15H2,1-3H3,(H,23,27)(H,24,28)/t18-/m0/s1. The monoisotopic (exact) mass is 422 g/mol. The van der Waals surface area contributed by atoms with Crippen LogP contribution in [-0.4, -0.2) is 71.2 Å². The highest BCUT2D eigenvalue weighted by molar-refractivity contribution is 5.86. The molecule has 8 heteroatoms. The van der Waals surface area contributed by atoms with Crippen LogP contribution < -0.4 is 10.6 Å². The molecule has 1 saturated carbocycles. The number of amides is 4. The predicted molar refractivity (Wildman–Crippen MR) is 114 cm³/mol. The lowest BCUT2D eigenvalue weighted by atomic mass is 9.95. The first-order chi connectivity index (χ1) is 14.2. The molecule has 8 nitrogen and oxygen atoms in total. The molecule has 2 saturated heterocycles. The first-order valence-corrected chi connectivity index (χ1v) is 11.6. The van der Waals surface area contributed by atoms with E-state index in [9.17, 15) is 14.4 Å². The van der Waals surface area contributed by atoms with Gasteiger partial charge in [-0.1, -0.05) is 19.3 Å². The predicted octanol–water partition coefficient (Wildman–Crippen LogP) is 3.01.